The molecule has 3 aromatic rings. The standard InChI is InChI=1S/C29H31FN2O3/c1-20(21-9-11-22(12-10-21)23-13-15-25(30)16-14-23)32-18-17-29(35-27(32)34,19-28(2,3)26(31)33)24-7-5-4-6-8-24/h4-16,20H,17-19H2,1-3H3,(H2,31,33)/t20-,29?/m0/s1. The summed E-state index contributed by atoms with van der Waals surface area (Å²) in [5, 5.41) is 0. The van der Waals surface area contributed by atoms with Crippen molar-refractivity contribution in [3.63, 3.8) is 0 Å². The van der Waals surface area contributed by atoms with E-state index in [1.165, 1.54) is 12.1 Å². The largest absolute Gasteiger partial charge is 0.438 e. The van der Waals surface area contributed by atoms with Gasteiger partial charge in [0.05, 0.1) is 6.04 Å². The van der Waals surface area contributed by atoms with Crippen molar-refractivity contribution in [3.05, 3.63) is 95.8 Å². The normalized spacial score (nSPS) is 19.2. The van der Waals surface area contributed by atoms with E-state index in [1.54, 1.807) is 30.9 Å². The highest BCUT2D eigenvalue weighted by molar-refractivity contribution is 5.80. The molecule has 1 saturated heterocycles. The van der Waals surface area contributed by atoms with Gasteiger partial charge in [-0.05, 0) is 41.3 Å². The van der Waals surface area contributed by atoms with E-state index in [0.29, 0.717) is 19.4 Å². The van der Waals surface area contributed by atoms with Crippen molar-refractivity contribution < 1.29 is 18.7 Å². The molecule has 1 aliphatic heterocycles. The van der Waals surface area contributed by atoms with Crippen LogP contribution in [0.5, 0.6) is 0 Å². The lowest BCUT2D eigenvalue weighted by molar-refractivity contribution is -0.133. The van der Waals surface area contributed by atoms with Crippen molar-refractivity contribution in [1.29, 1.82) is 0 Å². The molecule has 0 saturated carbocycles. The first-order valence-corrected chi connectivity index (χ1v) is 11.8. The van der Waals surface area contributed by atoms with Gasteiger partial charge in [-0.25, -0.2) is 9.18 Å². The second-order valence-electron chi connectivity index (χ2n) is 9.90. The monoisotopic (exact) mass is 474 g/mol. The van der Waals surface area contributed by atoms with Crippen LogP contribution >= 0.6 is 0 Å². The average Bonchev–Trinajstić information content (AvgIpc) is 2.84. The highest BCUT2D eigenvalue weighted by Crippen LogP contribution is 2.44. The first-order valence-electron chi connectivity index (χ1n) is 11.8. The van der Waals surface area contributed by atoms with Crippen LogP contribution in [0.4, 0.5) is 9.18 Å². The lowest BCUT2D eigenvalue weighted by Gasteiger charge is -2.46. The smallest absolute Gasteiger partial charge is 0.411 e. The maximum Gasteiger partial charge on any atom is 0.411 e. The zero-order chi connectivity index (χ0) is 25.2. The Morgan fingerprint density at radius 2 is 1.60 bits per heavy atom. The predicted octanol–water partition coefficient (Wildman–Crippen LogP) is 6.19. The zero-order valence-electron chi connectivity index (χ0n) is 20.3. The number of ether oxygens (including phenoxy) is 1. The van der Waals surface area contributed by atoms with Gasteiger partial charge in [-0.1, -0.05) is 80.6 Å². The van der Waals surface area contributed by atoms with Crippen LogP contribution in [0.25, 0.3) is 11.1 Å². The first-order chi connectivity index (χ1) is 16.6. The number of benzene rings is 3. The number of amides is 2. The summed E-state index contributed by atoms with van der Waals surface area (Å²) < 4.78 is 19.4. The van der Waals surface area contributed by atoms with E-state index in [2.05, 4.69) is 0 Å². The van der Waals surface area contributed by atoms with Gasteiger partial charge in [-0.2, -0.15) is 0 Å². The fourth-order valence-electron chi connectivity index (χ4n) is 4.77. The van der Waals surface area contributed by atoms with Crippen LogP contribution in [0.3, 0.4) is 0 Å². The third kappa shape index (κ3) is 5.06. The van der Waals surface area contributed by atoms with Crippen molar-refractivity contribution in [1.82, 2.24) is 4.90 Å². The molecule has 0 aromatic heterocycles. The molecule has 1 fully saturated rings. The molecular formula is C29H31FN2O3. The molecule has 2 N–H and O–H groups in total. The summed E-state index contributed by atoms with van der Waals surface area (Å²) >= 11 is 0. The number of carbonyl (C=O) groups is 2. The van der Waals surface area contributed by atoms with Crippen LogP contribution < -0.4 is 5.73 Å². The second-order valence-corrected chi connectivity index (χ2v) is 9.90. The SMILES string of the molecule is C[C@@H](c1ccc(-c2ccc(F)cc2)cc1)N1CCC(CC(C)(C)C(N)=O)(c2ccccc2)OC1=O. The summed E-state index contributed by atoms with van der Waals surface area (Å²) in [6.07, 6.45) is 0.424. The van der Waals surface area contributed by atoms with E-state index in [1.807, 2.05) is 61.5 Å². The number of nitrogens with two attached hydrogens (primary N) is 1. The zero-order valence-corrected chi connectivity index (χ0v) is 20.3. The Balaban J connectivity index is 1.55. The van der Waals surface area contributed by atoms with Crippen LogP contribution in [-0.2, 0) is 15.1 Å². The van der Waals surface area contributed by atoms with Crippen LogP contribution in [0, 0.1) is 11.2 Å². The van der Waals surface area contributed by atoms with Crippen molar-refractivity contribution in [3.8, 4) is 11.1 Å². The molecule has 35 heavy (non-hydrogen) atoms. The molecule has 3 aromatic carbocycles. The van der Waals surface area contributed by atoms with E-state index in [4.69, 9.17) is 10.5 Å². The summed E-state index contributed by atoms with van der Waals surface area (Å²) in [5.41, 5.74) is 7.61. The second kappa shape index (κ2) is 9.53. The van der Waals surface area contributed by atoms with Gasteiger partial charge in [-0.3, -0.25) is 4.79 Å². The molecule has 2 atom stereocenters. The third-order valence-electron chi connectivity index (χ3n) is 7.01. The topological polar surface area (TPSA) is 72.6 Å². The van der Waals surface area contributed by atoms with Gasteiger partial charge >= 0.3 is 6.09 Å². The molecule has 0 aliphatic carbocycles. The molecule has 1 unspecified atom stereocenters. The van der Waals surface area contributed by atoms with Gasteiger partial charge in [0.2, 0.25) is 5.91 Å². The first kappa shape index (κ1) is 24.5. The number of halogens is 1. The summed E-state index contributed by atoms with van der Waals surface area (Å²) in [4.78, 5) is 27.1. The number of carbonyl (C=O) groups excluding carboxylic acids is 2. The maximum absolute atomic E-state index is 13.3. The number of primary amides is 1. The van der Waals surface area contributed by atoms with E-state index in [9.17, 15) is 14.0 Å². The summed E-state index contributed by atoms with van der Waals surface area (Å²) in [6, 6.07) is 23.6. The van der Waals surface area contributed by atoms with Crippen molar-refractivity contribution >= 4 is 12.0 Å². The minimum Gasteiger partial charge on any atom is -0.438 e. The molecule has 4 rings (SSSR count). The number of hydrogen-bond acceptors (Lipinski definition) is 3. The third-order valence-corrected chi connectivity index (χ3v) is 7.01. The average molecular weight is 475 g/mol. The summed E-state index contributed by atoms with van der Waals surface area (Å²) in [6.45, 7) is 6.01. The van der Waals surface area contributed by atoms with Crippen molar-refractivity contribution in [2.75, 3.05) is 6.54 Å². The molecule has 0 bridgehead atoms. The molecule has 6 heteroatoms. The summed E-state index contributed by atoms with van der Waals surface area (Å²) in [5.74, 6) is -0.700. The number of cyclic esters (lactones) is 1. The molecule has 182 valence electrons. The molecule has 0 spiro atoms. The molecule has 2 amide bonds. The lowest BCUT2D eigenvalue weighted by atomic mass is 9.74. The highest BCUT2D eigenvalue weighted by Gasteiger charge is 2.48. The molecular weight excluding hydrogens is 443 g/mol. The van der Waals surface area contributed by atoms with Gasteiger partial charge in [0.15, 0.2) is 0 Å². The van der Waals surface area contributed by atoms with E-state index >= 15 is 0 Å². The van der Waals surface area contributed by atoms with Crippen molar-refractivity contribution in [2.24, 2.45) is 11.1 Å². The number of hydrogen-bond donors (Lipinski definition) is 1. The van der Waals surface area contributed by atoms with Gasteiger partial charge < -0.3 is 15.4 Å². The fraction of sp³-hybridized carbons (Fsp3) is 0.310. The van der Waals surface area contributed by atoms with Crippen LogP contribution in [-0.4, -0.2) is 23.4 Å². The number of nitrogens with zero attached hydrogens (tertiary/aromatic N) is 1. The Morgan fingerprint density at radius 1 is 1.03 bits per heavy atom. The Hall–Kier alpha value is -3.67. The minimum atomic E-state index is -0.931. The van der Waals surface area contributed by atoms with E-state index in [0.717, 1.165) is 22.3 Å². The van der Waals surface area contributed by atoms with Gasteiger partial charge in [-0.15, -0.1) is 0 Å². The molecule has 0 radical (unpaired) electrons. The Labute approximate surface area is 205 Å². The van der Waals surface area contributed by atoms with Gasteiger partial charge in [0.1, 0.15) is 11.4 Å². The lowest BCUT2D eigenvalue weighted by Crippen LogP contribution is -2.51. The highest BCUT2D eigenvalue weighted by atomic mass is 19.1. The van der Waals surface area contributed by atoms with Crippen LogP contribution in [0.2, 0.25) is 0 Å². The minimum absolute atomic E-state index is 0.206. The predicted molar refractivity (Wildman–Crippen MR) is 134 cm³/mol. The van der Waals surface area contributed by atoms with Gasteiger partial charge in [0, 0.05) is 24.8 Å². The Bertz CT molecular complexity index is 1190. The number of rotatable bonds is 7. The van der Waals surface area contributed by atoms with Gasteiger partial charge in [0.25, 0.3) is 0 Å². The molecule has 5 nitrogen and oxygen atoms in total. The van der Waals surface area contributed by atoms with E-state index in [-0.39, 0.29) is 11.9 Å². The molecule has 1 heterocycles. The molecule has 1 aliphatic rings. The summed E-state index contributed by atoms with van der Waals surface area (Å²) in [7, 11) is 0. The fourth-order valence-corrected chi connectivity index (χ4v) is 4.77. The maximum atomic E-state index is 13.3. The Kier molecular flexibility index (Phi) is 6.66. The quantitative estimate of drug-likeness (QED) is 0.444. The Morgan fingerprint density at radius 3 is 2.14 bits per heavy atom. The van der Waals surface area contributed by atoms with Crippen molar-refractivity contribution in [2.45, 2.75) is 45.3 Å². The van der Waals surface area contributed by atoms with E-state index < -0.39 is 23.0 Å². The van der Waals surface area contributed by atoms with Crippen LogP contribution in [0.1, 0.15) is 50.8 Å². The van der Waals surface area contributed by atoms with Crippen LogP contribution in [0.15, 0.2) is 78.9 Å².